The molecule has 7 nitrogen and oxygen atoms in total. The molecule has 0 N–H and O–H groups in total. The van der Waals surface area contributed by atoms with Crippen LogP contribution in [0.1, 0.15) is 15.4 Å². The number of piperazine rings is 1. The van der Waals surface area contributed by atoms with Gasteiger partial charge in [-0.25, -0.2) is 9.97 Å². The Morgan fingerprint density at radius 3 is 2.70 bits per heavy atom. The Morgan fingerprint density at radius 2 is 2.00 bits per heavy atom. The first-order valence-electron chi connectivity index (χ1n) is 8.57. The monoisotopic (exact) mass is 401 g/mol. The molecule has 1 fully saturated rings. The van der Waals surface area contributed by atoms with E-state index in [1.54, 1.807) is 30.7 Å². The van der Waals surface area contributed by atoms with Gasteiger partial charge >= 0.3 is 0 Å². The Labute approximate surface area is 165 Å². The fraction of sp³-hybridized carbons (Fsp3) is 0.333. The number of anilines is 1. The lowest BCUT2D eigenvalue weighted by Gasteiger charge is -2.34. The first-order valence-corrected chi connectivity index (χ1v) is 10.3. The number of carbonyl (C=O) groups excluding carboxylic acids is 1. The fourth-order valence-corrected chi connectivity index (χ4v) is 4.70. The molecule has 0 bridgehead atoms. The number of hydrogen-bond donors (Lipinski definition) is 0. The van der Waals surface area contributed by atoms with E-state index in [1.807, 2.05) is 23.3 Å². The molecule has 0 unspecified atom stereocenters. The van der Waals surface area contributed by atoms with Crippen molar-refractivity contribution >= 4 is 34.5 Å². The molecule has 1 amide bonds. The Balaban J connectivity index is 1.44. The van der Waals surface area contributed by atoms with Crippen molar-refractivity contribution in [2.75, 3.05) is 38.2 Å². The molecule has 0 aromatic carbocycles. The zero-order chi connectivity index (χ0) is 18.8. The van der Waals surface area contributed by atoms with Gasteiger partial charge in [0.25, 0.3) is 5.91 Å². The summed E-state index contributed by atoms with van der Waals surface area (Å²) in [7, 11) is 1.59. The molecule has 3 aromatic rings. The summed E-state index contributed by atoms with van der Waals surface area (Å²) in [6, 6.07) is 3.75. The van der Waals surface area contributed by atoms with Crippen molar-refractivity contribution < 1.29 is 9.53 Å². The molecule has 9 heteroatoms. The number of methoxy groups -OCH3 is 1. The SMILES string of the molecule is COc1ccnc(N2CCN(C(=O)c3sc(-c4ccsc4)nc3C)CC2)n1. The van der Waals surface area contributed by atoms with Crippen molar-refractivity contribution in [3.63, 3.8) is 0 Å². The van der Waals surface area contributed by atoms with Crippen LogP contribution in [-0.4, -0.2) is 59.0 Å². The van der Waals surface area contributed by atoms with Crippen LogP contribution in [0.3, 0.4) is 0 Å². The summed E-state index contributed by atoms with van der Waals surface area (Å²) in [5.74, 6) is 1.23. The van der Waals surface area contributed by atoms with Crippen molar-refractivity contribution in [3.8, 4) is 16.5 Å². The molecular weight excluding hydrogens is 382 g/mol. The Hall–Kier alpha value is -2.52. The van der Waals surface area contributed by atoms with E-state index in [2.05, 4.69) is 25.2 Å². The Kier molecular flexibility index (Phi) is 5.04. The molecule has 0 aliphatic carbocycles. The smallest absolute Gasteiger partial charge is 0.265 e. The van der Waals surface area contributed by atoms with Crippen LogP contribution in [0, 0.1) is 6.92 Å². The molecule has 3 aromatic heterocycles. The standard InChI is InChI=1S/C18H19N5O2S2/c1-12-15(27-16(20-12)13-4-10-26-11-13)17(24)22-6-8-23(9-7-22)18-19-5-3-14(21-18)25-2/h3-5,10-11H,6-9H2,1-2H3. The van der Waals surface area contributed by atoms with Gasteiger partial charge in [-0.15, -0.1) is 11.3 Å². The van der Waals surface area contributed by atoms with Crippen LogP contribution in [0.15, 0.2) is 29.1 Å². The van der Waals surface area contributed by atoms with Crippen LogP contribution in [0.2, 0.25) is 0 Å². The molecule has 1 aliphatic heterocycles. The summed E-state index contributed by atoms with van der Waals surface area (Å²) in [5, 5.41) is 4.98. The summed E-state index contributed by atoms with van der Waals surface area (Å²) >= 11 is 3.10. The lowest BCUT2D eigenvalue weighted by Crippen LogP contribution is -2.49. The normalized spacial score (nSPS) is 14.4. The molecule has 4 heterocycles. The zero-order valence-corrected chi connectivity index (χ0v) is 16.7. The molecule has 1 saturated heterocycles. The van der Waals surface area contributed by atoms with Gasteiger partial charge in [0.2, 0.25) is 11.8 Å². The number of thiophene rings is 1. The molecule has 0 radical (unpaired) electrons. The van der Waals surface area contributed by atoms with Crippen molar-refractivity contribution in [1.29, 1.82) is 0 Å². The number of nitrogens with zero attached hydrogens (tertiary/aromatic N) is 5. The topological polar surface area (TPSA) is 71.5 Å². The molecule has 1 aliphatic rings. The lowest BCUT2D eigenvalue weighted by atomic mass is 10.3. The van der Waals surface area contributed by atoms with E-state index in [4.69, 9.17) is 4.74 Å². The van der Waals surface area contributed by atoms with E-state index in [0.717, 1.165) is 21.1 Å². The molecule has 0 spiro atoms. The lowest BCUT2D eigenvalue weighted by molar-refractivity contribution is 0.0750. The molecule has 0 saturated carbocycles. The van der Waals surface area contributed by atoms with Gasteiger partial charge in [0.1, 0.15) is 9.88 Å². The van der Waals surface area contributed by atoms with Gasteiger partial charge in [0.15, 0.2) is 0 Å². The van der Waals surface area contributed by atoms with Gasteiger partial charge in [-0.2, -0.15) is 16.3 Å². The molecule has 4 rings (SSSR count). The van der Waals surface area contributed by atoms with Gasteiger partial charge in [0, 0.05) is 49.4 Å². The molecule has 27 heavy (non-hydrogen) atoms. The largest absolute Gasteiger partial charge is 0.481 e. The third-order valence-electron chi connectivity index (χ3n) is 4.44. The van der Waals surface area contributed by atoms with E-state index < -0.39 is 0 Å². The summed E-state index contributed by atoms with van der Waals surface area (Å²) < 4.78 is 5.16. The van der Waals surface area contributed by atoms with Crippen LogP contribution in [-0.2, 0) is 0 Å². The van der Waals surface area contributed by atoms with Crippen LogP contribution >= 0.6 is 22.7 Å². The van der Waals surface area contributed by atoms with Crippen molar-refractivity contribution in [2.24, 2.45) is 0 Å². The van der Waals surface area contributed by atoms with Crippen molar-refractivity contribution in [3.05, 3.63) is 39.7 Å². The first-order chi connectivity index (χ1) is 13.2. The highest BCUT2D eigenvalue weighted by Gasteiger charge is 2.26. The molecule has 140 valence electrons. The van der Waals surface area contributed by atoms with Crippen LogP contribution in [0.4, 0.5) is 5.95 Å². The third-order valence-corrected chi connectivity index (χ3v) is 6.31. The van der Waals surface area contributed by atoms with Crippen LogP contribution < -0.4 is 9.64 Å². The maximum atomic E-state index is 13.0. The van der Waals surface area contributed by atoms with Gasteiger partial charge in [0.05, 0.1) is 12.8 Å². The van der Waals surface area contributed by atoms with E-state index in [0.29, 0.717) is 38.0 Å². The minimum Gasteiger partial charge on any atom is -0.481 e. The minimum atomic E-state index is 0.0534. The van der Waals surface area contributed by atoms with E-state index in [1.165, 1.54) is 11.3 Å². The van der Waals surface area contributed by atoms with Crippen molar-refractivity contribution in [1.82, 2.24) is 19.9 Å². The fourth-order valence-electron chi connectivity index (χ4n) is 2.96. The summed E-state index contributed by atoms with van der Waals surface area (Å²) in [6.07, 6.45) is 1.69. The van der Waals surface area contributed by atoms with Gasteiger partial charge < -0.3 is 14.5 Å². The summed E-state index contributed by atoms with van der Waals surface area (Å²) in [4.78, 5) is 30.9. The predicted octanol–water partition coefficient (Wildman–Crippen LogP) is 2.94. The average molecular weight is 402 g/mol. The van der Waals surface area contributed by atoms with Gasteiger partial charge in [-0.1, -0.05) is 0 Å². The average Bonchev–Trinajstić information content (AvgIpc) is 3.37. The highest BCUT2D eigenvalue weighted by molar-refractivity contribution is 7.17. The maximum absolute atomic E-state index is 13.0. The van der Waals surface area contributed by atoms with E-state index >= 15 is 0 Å². The van der Waals surface area contributed by atoms with Crippen LogP contribution in [0.25, 0.3) is 10.6 Å². The number of aryl methyl sites for hydroxylation is 1. The number of carbonyl (C=O) groups is 1. The second kappa shape index (κ2) is 7.61. The number of amides is 1. The van der Waals surface area contributed by atoms with Gasteiger partial charge in [-0.3, -0.25) is 4.79 Å². The summed E-state index contributed by atoms with van der Waals surface area (Å²) in [5.41, 5.74) is 1.87. The van der Waals surface area contributed by atoms with E-state index in [-0.39, 0.29) is 5.91 Å². The summed E-state index contributed by atoms with van der Waals surface area (Å²) in [6.45, 7) is 4.54. The van der Waals surface area contributed by atoms with E-state index in [9.17, 15) is 4.79 Å². The predicted molar refractivity (Wildman–Crippen MR) is 107 cm³/mol. The second-order valence-electron chi connectivity index (χ2n) is 6.12. The number of thiazole rings is 1. The van der Waals surface area contributed by atoms with Gasteiger partial charge in [-0.05, 0) is 18.4 Å². The first kappa shape index (κ1) is 17.9. The Morgan fingerprint density at radius 1 is 1.19 bits per heavy atom. The molecule has 0 atom stereocenters. The maximum Gasteiger partial charge on any atom is 0.265 e. The van der Waals surface area contributed by atoms with Crippen LogP contribution in [0.5, 0.6) is 5.88 Å². The number of aromatic nitrogens is 3. The third kappa shape index (κ3) is 3.65. The van der Waals surface area contributed by atoms with Crippen molar-refractivity contribution in [2.45, 2.75) is 6.92 Å². The zero-order valence-electron chi connectivity index (χ0n) is 15.1. The second-order valence-corrected chi connectivity index (χ2v) is 7.90. The highest BCUT2D eigenvalue weighted by atomic mass is 32.1. The highest BCUT2D eigenvalue weighted by Crippen LogP contribution is 2.30. The number of hydrogen-bond acceptors (Lipinski definition) is 8. The number of rotatable bonds is 4. The Bertz CT molecular complexity index is 933. The minimum absolute atomic E-state index is 0.0534. The number of ether oxygens (including phenoxy) is 1. The molecular formula is C18H19N5O2S2. The quantitative estimate of drug-likeness (QED) is 0.669.